The molecule has 20 heavy (non-hydrogen) atoms. The minimum absolute atomic E-state index is 0.256. The lowest BCUT2D eigenvalue weighted by Crippen LogP contribution is -2.14. The van der Waals surface area contributed by atoms with Gasteiger partial charge in [0.25, 0.3) is 0 Å². The standard InChI is InChI=1S/C14H18ClN5/c1-17-6-3-7-18-13-12(9-19-14(16)20-13)10-4-2-5-11(15)8-10/h2,4-5,8-9,17H,3,6-7H2,1H3,(H3,16,18,19,20). The van der Waals surface area contributed by atoms with Crippen LogP contribution >= 0.6 is 11.6 Å². The van der Waals surface area contributed by atoms with Gasteiger partial charge in [-0.05, 0) is 37.7 Å². The van der Waals surface area contributed by atoms with Crippen LogP contribution in [0, 0.1) is 0 Å². The summed E-state index contributed by atoms with van der Waals surface area (Å²) in [5.41, 5.74) is 7.53. The maximum Gasteiger partial charge on any atom is 0.221 e. The molecule has 0 aliphatic rings. The van der Waals surface area contributed by atoms with Crippen LogP contribution in [0.25, 0.3) is 11.1 Å². The smallest absolute Gasteiger partial charge is 0.221 e. The molecule has 2 rings (SSSR count). The molecule has 0 aliphatic heterocycles. The average Bonchev–Trinajstić information content (AvgIpc) is 2.44. The molecule has 4 N–H and O–H groups in total. The largest absolute Gasteiger partial charge is 0.369 e. The van der Waals surface area contributed by atoms with Gasteiger partial charge in [-0.3, -0.25) is 0 Å². The Hall–Kier alpha value is -1.85. The van der Waals surface area contributed by atoms with E-state index in [2.05, 4.69) is 20.6 Å². The summed E-state index contributed by atoms with van der Waals surface area (Å²) >= 11 is 6.03. The molecule has 0 bridgehead atoms. The third-order valence-electron chi connectivity index (χ3n) is 2.84. The number of nitrogens with zero attached hydrogens (tertiary/aromatic N) is 2. The second-order valence-electron chi connectivity index (χ2n) is 4.38. The van der Waals surface area contributed by atoms with Gasteiger partial charge in [-0.1, -0.05) is 23.7 Å². The number of halogens is 1. The van der Waals surface area contributed by atoms with Gasteiger partial charge >= 0.3 is 0 Å². The highest BCUT2D eigenvalue weighted by molar-refractivity contribution is 6.30. The van der Waals surface area contributed by atoms with Crippen molar-refractivity contribution in [3.8, 4) is 11.1 Å². The van der Waals surface area contributed by atoms with Gasteiger partial charge in [-0.15, -0.1) is 0 Å². The summed E-state index contributed by atoms with van der Waals surface area (Å²) in [7, 11) is 1.93. The molecular formula is C14H18ClN5. The van der Waals surface area contributed by atoms with Crippen molar-refractivity contribution in [3.63, 3.8) is 0 Å². The van der Waals surface area contributed by atoms with Crippen LogP contribution < -0.4 is 16.4 Å². The number of hydrogen-bond donors (Lipinski definition) is 3. The van der Waals surface area contributed by atoms with Gasteiger partial charge in [0.2, 0.25) is 5.95 Å². The molecule has 0 saturated heterocycles. The van der Waals surface area contributed by atoms with Crippen LogP contribution in [0.15, 0.2) is 30.5 Å². The summed E-state index contributed by atoms with van der Waals surface area (Å²) in [6, 6.07) is 7.59. The van der Waals surface area contributed by atoms with E-state index in [1.165, 1.54) is 0 Å². The first-order valence-corrected chi connectivity index (χ1v) is 6.85. The molecule has 6 heteroatoms. The Labute approximate surface area is 123 Å². The maximum atomic E-state index is 6.03. The Morgan fingerprint density at radius 3 is 2.90 bits per heavy atom. The average molecular weight is 292 g/mol. The predicted octanol–water partition coefficient (Wildman–Crippen LogP) is 2.40. The highest BCUT2D eigenvalue weighted by Crippen LogP contribution is 2.28. The van der Waals surface area contributed by atoms with E-state index in [0.29, 0.717) is 5.02 Å². The minimum atomic E-state index is 0.256. The van der Waals surface area contributed by atoms with E-state index in [1.807, 2.05) is 31.3 Å². The number of benzene rings is 1. The van der Waals surface area contributed by atoms with Crippen LogP contribution in [0.3, 0.4) is 0 Å². The van der Waals surface area contributed by atoms with Crippen LogP contribution in [0.5, 0.6) is 0 Å². The lowest BCUT2D eigenvalue weighted by Gasteiger charge is -2.11. The molecule has 1 aromatic carbocycles. The van der Waals surface area contributed by atoms with Crippen molar-refractivity contribution in [2.75, 3.05) is 31.2 Å². The van der Waals surface area contributed by atoms with Gasteiger partial charge in [-0.25, -0.2) is 4.98 Å². The zero-order chi connectivity index (χ0) is 14.4. The Bertz CT molecular complexity index is 573. The lowest BCUT2D eigenvalue weighted by atomic mass is 10.1. The second-order valence-corrected chi connectivity index (χ2v) is 4.82. The fourth-order valence-electron chi connectivity index (χ4n) is 1.87. The summed E-state index contributed by atoms with van der Waals surface area (Å²) in [6.45, 7) is 1.75. The monoisotopic (exact) mass is 291 g/mol. The summed E-state index contributed by atoms with van der Waals surface area (Å²) < 4.78 is 0. The van der Waals surface area contributed by atoms with Gasteiger partial charge in [0.1, 0.15) is 5.82 Å². The maximum absolute atomic E-state index is 6.03. The van der Waals surface area contributed by atoms with Crippen LogP contribution in [0.1, 0.15) is 6.42 Å². The van der Waals surface area contributed by atoms with E-state index >= 15 is 0 Å². The molecule has 0 fully saturated rings. The van der Waals surface area contributed by atoms with Crippen LogP contribution in [0.2, 0.25) is 5.02 Å². The highest BCUT2D eigenvalue weighted by Gasteiger charge is 2.08. The van der Waals surface area contributed by atoms with Gasteiger partial charge in [0.15, 0.2) is 0 Å². The van der Waals surface area contributed by atoms with E-state index < -0.39 is 0 Å². The molecule has 0 radical (unpaired) electrons. The summed E-state index contributed by atoms with van der Waals surface area (Å²) in [5, 5.41) is 7.08. The second kappa shape index (κ2) is 7.07. The van der Waals surface area contributed by atoms with Crippen LogP contribution in [-0.4, -0.2) is 30.1 Å². The fourth-order valence-corrected chi connectivity index (χ4v) is 2.06. The van der Waals surface area contributed by atoms with Gasteiger partial charge in [0.05, 0.1) is 0 Å². The number of nitrogens with one attached hydrogen (secondary N) is 2. The van der Waals surface area contributed by atoms with Crippen molar-refractivity contribution in [1.82, 2.24) is 15.3 Å². The molecule has 0 aliphatic carbocycles. The van der Waals surface area contributed by atoms with E-state index in [9.17, 15) is 0 Å². The Kier molecular flexibility index (Phi) is 5.15. The number of nitrogen functional groups attached to an aromatic ring is 1. The quantitative estimate of drug-likeness (QED) is 0.713. The molecule has 0 saturated carbocycles. The van der Waals surface area contributed by atoms with E-state index in [0.717, 1.165) is 36.5 Å². The number of nitrogens with two attached hydrogens (primary N) is 1. The van der Waals surface area contributed by atoms with E-state index in [4.69, 9.17) is 17.3 Å². The number of rotatable bonds is 6. The van der Waals surface area contributed by atoms with Crippen molar-refractivity contribution in [3.05, 3.63) is 35.5 Å². The zero-order valence-electron chi connectivity index (χ0n) is 11.4. The third kappa shape index (κ3) is 3.82. The van der Waals surface area contributed by atoms with Gasteiger partial charge < -0.3 is 16.4 Å². The Balaban J connectivity index is 2.23. The van der Waals surface area contributed by atoms with Gasteiger partial charge in [-0.2, -0.15) is 4.98 Å². The SMILES string of the molecule is CNCCCNc1nc(N)ncc1-c1cccc(Cl)c1. The molecule has 0 unspecified atom stereocenters. The lowest BCUT2D eigenvalue weighted by molar-refractivity contribution is 0.747. The predicted molar refractivity (Wildman–Crippen MR) is 83.9 cm³/mol. The fraction of sp³-hybridized carbons (Fsp3) is 0.286. The first-order chi connectivity index (χ1) is 9.70. The number of hydrogen-bond acceptors (Lipinski definition) is 5. The molecule has 5 nitrogen and oxygen atoms in total. The molecule has 0 amide bonds. The number of aromatic nitrogens is 2. The summed E-state index contributed by atoms with van der Waals surface area (Å²) in [6.07, 6.45) is 2.71. The summed E-state index contributed by atoms with van der Waals surface area (Å²) in [4.78, 5) is 8.33. The minimum Gasteiger partial charge on any atom is -0.369 e. The topological polar surface area (TPSA) is 75.9 Å². The highest BCUT2D eigenvalue weighted by atomic mass is 35.5. The molecule has 0 atom stereocenters. The normalized spacial score (nSPS) is 10.5. The zero-order valence-corrected chi connectivity index (χ0v) is 12.1. The molecule has 1 aromatic heterocycles. The Morgan fingerprint density at radius 1 is 1.30 bits per heavy atom. The molecule has 0 spiro atoms. The molecular weight excluding hydrogens is 274 g/mol. The first kappa shape index (κ1) is 14.6. The van der Waals surface area contributed by atoms with Crippen LogP contribution in [-0.2, 0) is 0 Å². The van der Waals surface area contributed by atoms with E-state index in [-0.39, 0.29) is 5.95 Å². The third-order valence-corrected chi connectivity index (χ3v) is 3.07. The van der Waals surface area contributed by atoms with Crippen molar-refractivity contribution in [2.24, 2.45) is 0 Å². The van der Waals surface area contributed by atoms with Crippen molar-refractivity contribution in [2.45, 2.75) is 6.42 Å². The van der Waals surface area contributed by atoms with Gasteiger partial charge in [0, 0.05) is 23.3 Å². The molecule has 106 valence electrons. The molecule has 2 aromatic rings. The van der Waals surface area contributed by atoms with E-state index in [1.54, 1.807) is 6.20 Å². The van der Waals surface area contributed by atoms with Crippen molar-refractivity contribution >= 4 is 23.4 Å². The molecule has 1 heterocycles. The number of anilines is 2. The summed E-state index contributed by atoms with van der Waals surface area (Å²) in [5.74, 6) is 0.989. The Morgan fingerprint density at radius 2 is 2.15 bits per heavy atom. The van der Waals surface area contributed by atoms with Crippen molar-refractivity contribution in [1.29, 1.82) is 0 Å². The van der Waals surface area contributed by atoms with Crippen LogP contribution in [0.4, 0.5) is 11.8 Å². The first-order valence-electron chi connectivity index (χ1n) is 6.47. The van der Waals surface area contributed by atoms with Crippen molar-refractivity contribution < 1.29 is 0 Å².